The maximum atomic E-state index is 12.0. The Morgan fingerprint density at radius 1 is 0.846 bits per heavy atom. The fourth-order valence-electron chi connectivity index (χ4n) is 2.01. The number of hydrazone groups is 1. The average molecular weight is 346 g/mol. The predicted octanol–water partition coefficient (Wildman–Crippen LogP) is 2.46. The molecule has 1 aromatic carbocycles. The monoisotopic (exact) mass is 346 g/mol. The van der Waals surface area contributed by atoms with Crippen molar-refractivity contribution in [2.75, 3.05) is 0 Å². The number of esters is 1. The van der Waals surface area contributed by atoms with Gasteiger partial charge in [0.1, 0.15) is 5.75 Å². The van der Waals surface area contributed by atoms with E-state index in [-0.39, 0.29) is 5.91 Å². The Morgan fingerprint density at radius 2 is 1.42 bits per heavy atom. The van der Waals surface area contributed by atoms with Crippen molar-refractivity contribution in [3.63, 3.8) is 0 Å². The zero-order valence-electron chi connectivity index (χ0n) is 13.6. The van der Waals surface area contributed by atoms with Crippen LogP contribution in [-0.4, -0.2) is 28.1 Å². The smallest absolute Gasteiger partial charge is 0.343 e. The van der Waals surface area contributed by atoms with Gasteiger partial charge in [0.15, 0.2) is 0 Å². The Labute approximate surface area is 149 Å². The molecule has 3 rings (SSSR count). The number of carbonyl (C=O) groups excluding carboxylic acids is 2. The Hall–Kier alpha value is -3.87. The van der Waals surface area contributed by atoms with E-state index < -0.39 is 5.97 Å². The highest BCUT2D eigenvalue weighted by Gasteiger charge is 2.07. The van der Waals surface area contributed by atoms with E-state index >= 15 is 0 Å². The van der Waals surface area contributed by atoms with E-state index in [0.717, 1.165) is 5.56 Å². The van der Waals surface area contributed by atoms with E-state index in [1.54, 1.807) is 48.5 Å². The number of pyridine rings is 2. The minimum absolute atomic E-state index is 0.327. The first-order valence-corrected chi connectivity index (χ1v) is 7.68. The van der Waals surface area contributed by atoms with Crippen LogP contribution in [0.2, 0.25) is 0 Å². The number of benzene rings is 1. The van der Waals surface area contributed by atoms with E-state index in [1.807, 2.05) is 0 Å². The quantitative estimate of drug-likeness (QED) is 0.331. The summed E-state index contributed by atoms with van der Waals surface area (Å²) in [6.07, 6.45) is 7.61. The van der Waals surface area contributed by atoms with Crippen LogP contribution in [-0.2, 0) is 0 Å². The molecule has 0 fully saturated rings. The molecule has 0 aliphatic rings. The summed E-state index contributed by atoms with van der Waals surface area (Å²) < 4.78 is 5.27. The maximum Gasteiger partial charge on any atom is 0.343 e. The van der Waals surface area contributed by atoms with Crippen molar-refractivity contribution in [1.29, 1.82) is 0 Å². The molecule has 0 radical (unpaired) electrons. The van der Waals surface area contributed by atoms with Crippen molar-refractivity contribution < 1.29 is 14.3 Å². The second kappa shape index (κ2) is 8.29. The van der Waals surface area contributed by atoms with Gasteiger partial charge in [-0.05, 0) is 54.1 Å². The molecule has 1 N–H and O–H groups in total. The molecule has 2 aromatic heterocycles. The molecule has 0 aliphatic carbocycles. The second-order valence-electron chi connectivity index (χ2n) is 5.13. The Bertz CT molecular complexity index is 911. The van der Waals surface area contributed by atoms with Gasteiger partial charge in [-0.1, -0.05) is 0 Å². The summed E-state index contributed by atoms with van der Waals surface area (Å²) in [5.74, 6) is -0.380. The third kappa shape index (κ3) is 4.57. The first-order chi connectivity index (χ1) is 12.7. The van der Waals surface area contributed by atoms with Gasteiger partial charge >= 0.3 is 5.97 Å². The van der Waals surface area contributed by atoms with Gasteiger partial charge in [0.2, 0.25) is 0 Å². The molecule has 7 heteroatoms. The third-order valence-electron chi connectivity index (χ3n) is 3.33. The van der Waals surface area contributed by atoms with Gasteiger partial charge in [0.05, 0.1) is 11.8 Å². The molecule has 0 atom stereocenters. The number of hydrogen-bond acceptors (Lipinski definition) is 6. The molecule has 7 nitrogen and oxygen atoms in total. The Morgan fingerprint density at radius 3 is 2.04 bits per heavy atom. The topological polar surface area (TPSA) is 93.5 Å². The zero-order valence-corrected chi connectivity index (χ0v) is 13.6. The SMILES string of the molecule is O=C(N/N=C\c1ccc(OC(=O)c2ccncc2)cc1)c1ccncc1. The first kappa shape index (κ1) is 17.0. The minimum Gasteiger partial charge on any atom is -0.423 e. The molecule has 2 heterocycles. The molecule has 0 saturated carbocycles. The number of aromatic nitrogens is 2. The largest absolute Gasteiger partial charge is 0.423 e. The molecule has 0 aliphatic heterocycles. The molecule has 0 unspecified atom stereocenters. The lowest BCUT2D eigenvalue weighted by Crippen LogP contribution is -2.17. The summed E-state index contributed by atoms with van der Waals surface area (Å²) in [6, 6.07) is 13.1. The average Bonchev–Trinajstić information content (AvgIpc) is 2.70. The molecule has 3 aromatic rings. The standard InChI is InChI=1S/C19H14N4O3/c24-18(15-5-9-20-10-6-15)23-22-13-14-1-3-17(4-2-14)26-19(25)16-7-11-21-12-8-16/h1-13H,(H,23,24)/b22-13-. The van der Waals surface area contributed by atoms with Crippen molar-refractivity contribution in [2.24, 2.45) is 5.10 Å². The predicted molar refractivity (Wildman–Crippen MR) is 94.9 cm³/mol. The highest BCUT2D eigenvalue weighted by atomic mass is 16.5. The molecule has 0 saturated heterocycles. The van der Waals surface area contributed by atoms with Crippen LogP contribution >= 0.6 is 0 Å². The van der Waals surface area contributed by atoms with Crippen molar-refractivity contribution in [1.82, 2.24) is 15.4 Å². The van der Waals surface area contributed by atoms with Gasteiger partial charge in [0, 0.05) is 30.4 Å². The Balaban J connectivity index is 1.56. The lowest BCUT2D eigenvalue weighted by atomic mass is 10.2. The molecular formula is C19H14N4O3. The maximum absolute atomic E-state index is 12.0. The fourth-order valence-corrected chi connectivity index (χ4v) is 2.01. The minimum atomic E-state index is -0.460. The van der Waals surface area contributed by atoms with Gasteiger partial charge in [-0.2, -0.15) is 5.10 Å². The van der Waals surface area contributed by atoms with E-state index in [2.05, 4.69) is 20.5 Å². The van der Waals surface area contributed by atoms with Crippen LogP contribution in [0, 0.1) is 0 Å². The number of hydrogen-bond donors (Lipinski definition) is 1. The van der Waals surface area contributed by atoms with Gasteiger partial charge in [0.25, 0.3) is 5.91 Å². The van der Waals surface area contributed by atoms with Crippen molar-refractivity contribution in [3.8, 4) is 5.75 Å². The fraction of sp³-hybridized carbons (Fsp3) is 0. The van der Waals surface area contributed by atoms with Gasteiger partial charge in [-0.25, -0.2) is 10.2 Å². The molecule has 128 valence electrons. The van der Waals surface area contributed by atoms with Crippen LogP contribution in [0.1, 0.15) is 26.3 Å². The van der Waals surface area contributed by atoms with Crippen LogP contribution in [0.15, 0.2) is 78.4 Å². The van der Waals surface area contributed by atoms with Crippen LogP contribution < -0.4 is 10.2 Å². The van der Waals surface area contributed by atoms with Crippen molar-refractivity contribution in [3.05, 3.63) is 90.0 Å². The van der Waals surface area contributed by atoms with Crippen LogP contribution in [0.4, 0.5) is 0 Å². The van der Waals surface area contributed by atoms with Gasteiger partial charge in [-0.3, -0.25) is 14.8 Å². The van der Waals surface area contributed by atoms with Gasteiger partial charge in [-0.15, -0.1) is 0 Å². The highest BCUT2D eigenvalue weighted by Crippen LogP contribution is 2.13. The summed E-state index contributed by atoms with van der Waals surface area (Å²) in [6.45, 7) is 0. The lowest BCUT2D eigenvalue weighted by molar-refractivity contribution is 0.0734. The van der Waals surface area contributed by atoms with E-state index in [9.17, 15) is 9.59 Å². The normalized spacial score (nSPS) is 10.5. The molecule has 26 heavy (non-hydrogen) atoms. The van der Waals surface area contributed by atoms with Crippen molar-refractivity contribution in [2.45, 2.75) is 0 Å². The number of carbonyl (C=O) groups is 2. The third-order valence-corrected chi connectivity index (χ3v) is 3.33. The molecule has 1 amide bonds. The first-order valence-electron chi connectivity index (χ1n) is 7.68. The van der Waals surface area contributed by atoms with Crippen LogP contribution in [0.5, 0.6) is 5.75 Å². The van der Waals surface area contributed by atoms with E-state index in [4.69, 9.17) is 4.74 Å². The van der Waals surface area contributed by atoms with Crippen LogP contribution in [0.25, 0.3) is 0 Å². The summed E-state index contributed by atoms with van der Waals surface area (Å²) in [5, 5.41) is 3.90. The van der Waals surface area contributed by atoms with Crippen molar-refractivity contribution >= 4 is 18.1 Å². The number of rotatable bonds is 5. The lowest BCUT2D eigenvalue weighted by Gasteiger charge is -2.04. The van der Waals surface area contributed by atoms with Crippen LogP contribution in [0.3, 0.4) is 0 Å². The number of amides is 1. The Kier molecular flexibility index (Phi) is 5.41. The highest BCUT2D eigenvalue weighted by molar-refractivity contribution is 5.94. The number of nitrogens with zero attached hydrogens (tertiary/aromatic N) is 3. The van der Waals surface area contributed by atoms with Gasteiger partial charge < -0.3 is 4.74 Å². The van der Waals surface area contributed by atoms with E-state index in [1.165, 1.54) is 31.0 Å². The summed E-state index contributed by atoms with van der Waals surface area (Å²) >= 11 is 0. The molecule has 0 bridgehead atoms. The molecular weight excluding hydrogens is 332 g/mol. The summed E-state index contributed by atoms with van der Waals surface area (Å²) in [7, 11) is 0. The summed E-state index contributed by atoms with van der Waals surface area (Å²) in [5.41, 5.74) is 4.06. The molecule has 0 spiro atoms. The summed E-state index contributed by atoms with van der Waals surface area (Å²) in [4.78, 5) is 31.5. The van der Waals surface area contributed by atoms with E-state index in [0.29, 0.717) is 16.9 Å². The number of ether oxygens (including phenoxy) is 1. The number of nitrogens with one attached hydrogen (secondary N) is 1. The second-order valence-corrected chi connectivity index (χ2v) is 5.13. The zero-order chi connectivity index (χ0) is 18.2.